The zero-order valence-electron chi connectivity index (χ0n) is 23.9. The van der Waals surface area contributed by atoms with E-state index >= 15 is 0 Å². The second kappa shape index (κ2) is 13.4. The maximum Gasteiger partial charge on any atom is 0.336 e. The Morgan fingerprint density at radius 2 is 1.00 bits per heavy atom. The molecule has 0 saturated heterocycles. The van der Waals surface area contributed by atoms with Crippen molar-refractivity contribution >= 4 is 11.4 Å². The average Bonchev–Trinajstić information content (AvgIpc) is 2.88. The molecule has 1 heterocycles. The van der Waals surface area contributed by atoms with E-state index in [2.05, 4.69) is 96.2 Å². The average molecular weight is 504 g/mol. The first-order chi connectivity index (χ1) is 17.8. The Morgan fingerprint density at radius 1 is 0.595 bits per heavy atom. The second-order valence-electron chi connectivity index (χ2n) is 10.6. The summed E-state index contributed by atoms with van der Waals surface area (Å²) in [6.07, 6.45) is 4.50. The van der Waals surface area contributed by atoms with Gasteiger partial charge >= 0.3 is 6.01 Å². The first-order valence-corrected chi connectivity index (χ1v) is 13.9. The van der Waals surface area contributed by atoms with Crippen LogP contribution in [0.25, 0.3) is 22.5 Å². The fourth-order valence-electron chi connectivity index (χ4n) is 4.50. The molecular formula is C31H45N5O. The summed E-state index contributed by atoms with van der Waals surface area (Å²) < 4.78 is 5.99. The lowest BCUT2D eigenvalue weighted by molar-refractivity contribution is 0.115. The molecule has 0 aliphatic carbocycles. The summed E-state index contributed by atoms with van der Waals surface area (Å²) in [6.45, 7) is 19.1. The number of nitrogens with zero attached hydrogens (tertiary/aromatic N) is 5. The van der Waals surface area contributed by atoms with Gasteiger partial charge in [0.25, 0.3) is 0 Å². The molecule has 0 aliphatic heterocycles. The van der Waals surface area contributed by atoms with Gasteiger partial charge in [-0.25, -0.2) is 0 Å². The summed E-state index contributed by atoms with van der Waals surface area (Å²) >= 11 is 0. The van der Waals surface area contributed by atoms with Crippen LogP contribution in [-0.2, 0) is 0 Å². The van der Waals surface area contributed by atoms with Crippen LogP contribution in [0.15, 0.2) is 48.5 Å². The largest absolute Gasteiger partial charge is 0.457 e. The highest BCUT2D eigenvalue weighted by Gasteiger charge is 2.19. The molecule has 0 atom stereocenters. The van der Waals surface area contributed by atoms with E-state index in [0.29, 0.717) is 6.01 Å². The molecule has 0 bridgehead atoms. The smallest absolute Gasteiger partial charge is 0.336 e. The molecule has 0 aliphatic rings. The molecule has 0 fully saturated rings. The van der Waals surface area contributed by atoms with Crippen molar-refractivity contribution in [3.8, 4) is 28.5 Å². The quantitative estimate of drug-likeness (QED) is 0.239. The normalized spacial score (nSPS) is 11.4. The van der Waals surface area contributed by atoms with Gasteiger partial charge in [0.2, 0.25) is 0 Å². The topological polar surface area (TPSA) is 54.4 Å². The van der Waals surface area contributed by atoms with Crippen molar-refractivity contribution in [2.24, 2.45) is 0 Å². The predicted molar refractivity (Wildman–Crippen MR) is 157 cm³/mol. The third kappa shape index (κ3) is 7.91. The fraction of sp³-hybridized carbons (Fsp3) is 0.516. The highest BCUT2D eigenvalue weighted by Crippen LogP contribution is 2.32. The van der Waals surface area contributed by atoms with E-state index in [-0.39, 0.29) is 0 Å². The third-order valence-electron chi connectivity index (χ3n) is 6.05. The van der Waals surface area contributed by atoms with Crippen LogP contribution in [0.2, 0.25) is 0 Å². The third-order valence-corrected chi connectivity index (χ3v) is 6.05. The molecule has 0 amide bonds. The van der Waals surface area contributed by atoms with Gasteiger partial charge in [0.05, 0.1) is 0 Å². The van der Waals surface area contributed by atoms with E-state index in [1.54, 1.807) is 0 Å². The Morgan fingerprint density at radius 3 is 1.38 bits per heavy atom. The molecule has 0 saturated carbocycles. The van der Waals surface area contributed by atoms with Gasteiger partial charge in [0.15, 0.2) is 0 Å². The van der Waals surface area contributed by atoms with Crippen molar-refractivity contribution in [1.29, 1.82) is 0 Å². The van der Waals surface area contributed by atoms with E-state index in [4.69, 9.17) is 9.72 Å². The SMILES string of the molecule is CCCN(CCC)c1ccc(-c2nnc(OC(C)(C)C)nc2-c2ccc(N(CCC)CCC)cc2)cc1. The van der Waals surface area contributed by atoms with Gasteiger partial charge in [0, 0.05) is 48.7 Å². The minimum Gasteiger partial charge on any atom is -0.457 e. The van der Waals surface area contributed by atoms with Crippen LogP contribution in [0.4, 0.5) is 11.4 Å². The molecule has 0 unspecified atom stereocenters. The highest BCUT2D eigenvalue weighted by atomic mass is 16.5. The predicted octanol–water partition coefficient (Wildman–Crippen LogP) is 7.64. The molecule has 0 radical (unpaired) electrons. The van der Waals surface area contributed by atoms with Crippen molar-refractivity contribution in [3.63, 3.8) is 0 Å². The summed E-state index contributed by atoms with van der Waals surface area (Å²) in [7, 11) is 0. The summed E-state index contributed by atoms with van der Waals surface area (Å²) in [5, 5.41) is 8.95. The molecule has 0 spiro atoms. The molecule has 6 heteroatoms. The first kappa shape index (κ1) is 28.4. The first-order valence-electron chi connectivity index (χ1n) is 13.9. The van der Waals surface area contributed by atoms with Gasteiger partial charge < -0.3 is 14.5 Å². The van der Waals surface area contributed by atoms with Gasteiger partial charge in [0.1, 0.15) is 17.0 Å². The number of anilines is 2. The zero-order chi connectivity index (χ0) is 26.8. The zero-order valence-corrected chi connectivity index (χ0v) is 23.9. The van der Waals surface area contributed by atoms with Gasteiger partial charge in [-0.3, -0.25) is 0 Å². The minimum absolute atomic E-state index is 0.294. The van der Waals surface area contributed by atoms with Crippen LogP contribution in [-0.4, -0.2) is 47.0 Å². The van der Waals surface area contributed by atoms with Crippen LogP contribution in [0.5, 0.6) is 6.01 Å². The number of ether oxygens (including phenoxy) is 1. The maximum atomic E-state index is 5.99. The van der Waals surface area contributed by atoms with E-state index in [1.165, 1.54) is 11.4 Å². The summed E-state index contributed by atoms with van der Waals surface area (Å²) in [5.41, 5.74) is 5.61. The van der Waals surface area contributed by atoms with Crippen molar-refractivity contribution in [1.82, 2.24) is 15.2 Å². The highest BCUT2D eigenvalue weighted by molar-refractivity contribution is 5.79. The number of rotatable bonds is 13. The maximum absolute atomic E-state index is 5.99. The molecule has 3 aromatic rings. The second-order valence-corrected chi connectivity index (χ2v) is 10.6. The van der Waals surface area contributed by atoms with Gasteiger partial charge in [-0.05, 0) is 70.7 Å². The van der Waals surface area contributed by atoms with E-state index in [0.717, 1.165) is 74.4 Å². The standard InChI is InChI=1S/C31H45N5O/c1-8-20-35(21-9-2)26-16-12-24(13-17-26)28-29(33-34-30(32-28)37-31(5,6)7)25-14-18-27(19-15-25)36(22-10-3)23-11-4/h12-19H,8-11,20-23H2,1-7H3. The molecule has 1 aromatic heterocycles. The van der Waals surface area contributed by atoms with Gasteiger partial charge in [-0.1, -0.05) is 57.1 Å². The minimum atomic E-state index is -0.408. The number of benzene rings is 2. The molecule has 200 valence electrons. The Labute approximate surface area is 224 Å². The van der Waals surface area contributed by atoms with Crippen LogP contribution < -0.4 is 14.5 Å². The van der Waals surface area contributed by atoms with Crippen LogP contribution >= 0.6 is 0 Å². The molecular weight excluding hydrogens is 458 g/mol. The Kier molecular flexibility index (Phi) is 10.3. The van der Waals surface area contributed by atoms with Crippen molar-refractivity contribution in [2.45, 2.75) is 79.8 Å². The Hall–Kier alpha value is -3.15. The van der Waals surface area contributed by atoms with Gasteiger partial charge in [-0.2, -0.15) is 4.98 Å². The van der Waals surface area contributed by atoms with Gasteiger partial charge in [-0.15, -0.1) is 5.10 Å². The summed E-state index contributed by atoms with van der Waals surface area (Å²) in [6, 6.07) is 17.6. The van der Waals surface area contributed by atoms with Crippen molar-refractivity contribution < 1.29 is 4.74 Å². The number of hydrogen-bond acceptors (Lipinski definition) is 6. The lowest BCUT2D eigenvalue weighted by atomic mass is 10.0. The lowest BCUT2D eigenvalue weighted by Gasteiger charge is -2.24. The Balaban J connectivity index is 2.01. The lowest BCUT2D eigenvalue weighted by Crippen LogP contribution is -2.25. The van der Waals surface area contributed by atoms with Crippen molar-refractivity contribution in [2.75, 3.05) is 36.0 Å². The number of hydrogen-bond donors (Lipinski definition) is 0. The fourth-order valence-corrected chi connectivity index (χ4v) is 4.50. The molecule has 2 aromatic carbocycles. The monoisotopic (exact) mass is 503 g/mol. The van der Waals surface area contributed by atoms with E-state index in [1.807, 2.05) is 20.8 Å². The van der Waals surface area contributed by atoms with Crippen molar-refractivity contribution in [3.05, 3.63) is 48.5 Å². The molecule has 3 rings (SSSR count). The molecule has 6 nitrogen and oxygen atoms in total. The van der Waals surface area contributed by atoms with Crippen LogP contribution in [0, 0.1) is 0 Å². The van der Waals surface area contributed by atoms with E-state index < -0.39 is 5.60 Å². The van der Waals surface area contributed by atoms with Crippen LogP contribution in [0.3, 0.4) is 0 Å². The van der Waals surface area contributed by atoms with Crippen LogP contribution in [0.1, 0.15) is 74.1 Å². The summed E-state index contributed by atoms with van der Waals surface area (Å²) in [4.78, 5) is 9.72. The molecule has 37 heavy (non-hydrogen) atoms. The molecule has 0 N–H and O–H groups in total. The van der Waals surface area contributed by atoms with E-state index in [9.17, 15) is 0 Å². The Bertz CT molecular complexity index is 1080. The summed E-state index contributed by atoms with van der Waals surface area (Å²) in [5.74, 6) is 0. The number of aromatic nitrogens is 3.